The molecule has 1 fully saturated rings. The van der Waals surface area contributed by atoms with Crippen LogP contribution >= 0.6 is 7.75 Å². The second kappa shape index (κ2) is 11.1. The van der Waals surface area contributed by atoms with Crippen molar-refractivity contribution in [2.24, 2.45) is 0 Å². The molecule has 36 heavy (non-hydrogen) atoms. The molecule has 2 aromatic rings. The number of benzene rings is 1. The number of carbonyl (C=O) groups is 1. The number of para-hydroxylation sites is 1. The maximum absolute atomic E-state index is 13.6. The molecule has 2 heterocycles. The minimum atomic E-state index is -4.26. The lowest BCUT2D eigenvalue weighted by molar-refractivity contribution is -0.149. The zero-order chi connectivity index (χ0) is 26.7. The van der Waals surface area contributed by atoms with Crippen molar-refractivity contribution in [2.75, 3.05) is 6.61 Å². The first kappa shape index (κ1) is 27.8. The highest BCUT2D eigenvalue weighted by Crippen LogP contribution is 2.47. The third-order valence-electron chi connectivity index (χ3n) is 5.29. The number of aromatic amines is 2. The first-order valence-corrected chi connectivity index (χ1v) is 12.7. The van der Waals surface area contributed by atoms with Gasteiger partial charge in [0.2, 0.25) is 0 Å². The number of esters is 1. The summed E-state index contributed by atoms with van der Waals surface area (Å²) in [4.78, 5) is 40.0. The van der Waals surface area contributed by atoms with Gasteiger partial charge in [0, 0.05) is 6.07 Å². The molecule has 1 aliphatic rings. The largest absolute Gasteiger partial charge is 0.462 e. The second-order valence-corrected chi connectivity index (χ2v) is 10.5. The normalized spacial score (nSPS) is 26.4. The van der Waals surface area contributed by atoms with E-state index in [0.29, 0.717) is 0 Å². The van der Waals surface area contributed by atoms with Crippen molar-refractivity contribution >= 4 is 13.7 Å². The summed E-state index contributed by atoms with van der Waals surface area (Å²) < 4.78 is 35.5. The highest BCUT2D eigenvalue weighted by Gasteiger charge is 2.54. The van der Waals surface area contributed by atoms with E-state index in [1.807, 2.05) is 4.98 Å². The molecule has 14 heteroatoms. The third-order valence-corrected chi connectivity index (χ3v) is 6.93. The average Bonchev–Trinajstić information content (AvgIpc) is 3.00. The van der Waals surface area contributed by atoms with Crippen LogP contribution in [-0.4, -0.2) is 62.7 Å². The molecule has 0 spiro atoms. The number of carbonyl (C=O) groups excluding carboxylic acids is 1. The molecule has 1 saturated heterocycles. The number of aliphatic hydroxyl groups excluding tert-OH is 1. The van der Waals surface area contributed by atoms with Crippen molar-refractivity contribution in [3.05, 3.63) is 62.9 Å². The Bertz CT molecular complexity index is 1180. The average molecular weight is 527 g/mol. The van der Waals surface area contributed by atoms with Gasteiger partial charge in [-0.05, 0) is 39.8 Å². The highest BCUT2D eigenvalue weighted by atomic mass is 31.2. The van der Waals surface area contributed by atoms with E-state index in [0.717, 1.165) is 6.07 Å². The van der Waals surface area contributed by atoms with E-state index in [9.17, 15) is 29.2 Å². The van der Waals surface area contributed by atoms with E-state index in [1.54, 1.807) is 32.0 Å². The summed E-state index contributed by atoms with van der Waals surface area (Å²) in [6.07, 6.45) is -4.53. The number of ether oxygens (including phenoxy) is 2. The Hall–Kier alpha value is -2.80. The predicted molar refractivity (Wildman–Crippen MR) is 126 cm³/mol. The summed E-state index contributed by atoms with van der Waals surface area (Å²) in [5.74, 6) is -0.513. The monoisotopic (exact) mass is 527 g/mol. The summed E-state index contributed by atoms with van der Waals surface area (Å²) in [5.41, 5.74) is -3.56. The molecular weight excluding hydrogens is 497 g/mol. The molecule has 0 radical (unpaired) electrons. The molecule has 0 amide bonds. The van der Waals surface area contributed by atoms with Gasteiger partial charge in [-0.1, -0.05) is 18.2 Å². The Balaban J connectivity index is 1.80. The lowest BCUT2D eigenvalue weighted by atomic mass is 9.91. The maximum atomic E-state index is 13.6. The van der Waals surface area contributed by atoms with E-state index in [-0.39, 0.29) is 11.4 Å². The van der Waals surface area contributed by atoms with Gasteiger partial charge in [0.1, 0.15) is 35.7 Å². The SMILES string of the molecule is CC(C)OC(=O)[C@@H](C)N[P@@](=O)(OC[C@H]1O[C@@H](c2cc(=O)[nH]c(=O)[nH]2)[C@](C)(O)[C@@H]1O)Oc1ccccc1. The van der Waals surface area contributed by atoms with Crippen LogP contribution in [-0.2, 0) is 23.4 Å². The van der Waals surface area contributed by atoms with Crippen molar-refractivity contribution in [1.82, 2.24) is 15.1 Å². The van der Waals surface area contributed by atoms with Gasteiger partial charge >= 0.3 is 19.4 Å². The van der Waals surface area contributed by atoms with Crippen LogP contribution in [0.4, 0.5) is 0 Å². The molecule has 1 aromatic heterocycles. The van der Waals surface area contributed by atoms with Crippen LogP contribution in [0.1, 0.15) is 39.5 Å². The lowest BCUT2D eigenvalue weighted by Crippen LogP contribution is -2.44. The van der Waals surface area contributed by atoms with Crippen molar-refractivity contribution < 1.29 is 38.1 Å². The minimum absolute atomic E-state index is 0.0674. The Morgan fingerprint density at radius 3 is 2.50 bits per heavy atom. The van der Waals surface area contributed by atoms with Crippen molar-refractivity contribution in [1.29, 1.82) is 0 Å². The fourth-order valence-corrected chi connectivity index (χ4v) is 5.07. The Kier molecular flexibility index (Phi) is 8.55. The first-order valence-electron chi connectivity index (χ1n) is 11.2. The van der Waals surface area contributed by atoms with Crippen molar-refractivity contribution in [3.8, 4) is 5.75 Å². The molecule has 5 N–H and O–H groups in total. The first-order chi connectivity index (χ1) is 16.8. The topological polar surface area (TPSA) is 189 Å². The summed E-state index contributed by atoms with van der Waals surface area (Å²) >= 11 is 0. The Morgan fingerprint density at radius 1 is 1.22 bits per heavy atom. The number of hydrogen-bond donors (Lipinski definition) is 5. The number of nitrogens with one attached hydrogen (secondary N) is 3. The summed E-state index contributed by atoms with van der Waals surface area (Å²) in [5, 5.41) is 24.0. The lowest BCUT2D eigenvalue weighted by Gasteiger charge is -2.27. The standard InChI is InChI=1S/C22H30N3O10P/c1-12(2)33-20(28)13(3)25-36(31,35-14-8-6-5-7-9-14)32-11-16-18(27)22(4,30)19(34-16)15-10-17(26)24-21(29)23-15/h5-10,12-13,16,18-19,27,30H,11H2,1-4H3,(H,25,31)(H2,23,24,26,29)/t13-,16-,18-,19+,22-,36-/m1/s1. The van der Waals surface area contributed by atoms with Gasteiger partial charge in [-0.15, -0.1) is 0 Å². The van der Waals surface area contributed by atoms with Gasteiger partial charge in [0.05, 0.1) is 18.4 Å². The van der Waals surface area contributed by atoms with Gasteiger partial charge in [0.15, 0.2) is 0 Å². The van der Waals surface area contributed by atoms with Gasteiger partial charge in [-0.2, -0.15) is 5.09 Å². The predicted octanol–water partition coefficient (Wildman–Crippen LogP) is 0.748. The van der Waals surface area contributed by atoms with Crippen LogP contribution in [0.15, 0.2) is 46.0 Å². The molecule has 1 aromatic carbocycles. The molecule has 198 valence electrons. The summed E-state index contributed by atoms with van der Waals surface area (Å²) in [6, 6.07) is 7.99. The van der Waals surface area contributed by atoms with E-state index in [4.69, 9.17) is 18.5 Å². The van der Waals surface area contributed by atoms with Crippen LogP contribution < -0.4 is 20.9 Å². The van der Waals surface area contributed by atoms with Crippen LogP contribution in [0.25, 0.3) is 0 Å². The number of hydrogen-bond acceptors (Lipinski definition) is 10. The van der Waals surface area contributed by atoms with Gasteiger partial charge < -0.3 is 29.2 Å². The van der Waals surface area contributed by atoms with Crippen LogP contribution in [0.5, 0.6) is 5.75 Å². The van der Waals surface area contributed by atoms with Gasteiger partial charge in [-0.25, -0.2) is 9.36 Å². The summed E-state index contributed by atoms with van der Waals surface area (Å²) in [6.45, 7) is 5.45. The third kappa shape index (κ3) is 6.69. The molecule has 0 bridgehead atoms. The van der Waals surface area contributed by atoms with E-state index >= 15 is 0 Å². The van der Waals surface area contributed by atoms with Gasteiger partial charge in [-0.3, -0.25) is 19.1 Å². The fraction of sp³-hybridized carbons (Fsp3) is 0.500. The molecule has 0 unspecified atom stereocenters. The second-order valence-electron chi connectivity index (χ2n) is 8.80. The van der Waals surface area contributed by atoms with E-state index < -0.39 is 67.6 Å². The van der Waals surface area contributed by atoms with Crippen molar-refractivity contribution in [2.45, 2.75) is 63.8 Å². The van der Waals surface area contributed by atoms with Gasteiger partial charge in [0.25, 0.3) is 5.56 Å². The molecule has 13 nitrogen and oxygen atoms in total. The van der Waals surface area contributed by atoms with E-state index in [2.05, 4.69) is 10.1 Å². The number of aromatic nitrogens is 2. The summed E-state index contributed by atoms with van der Waals surface area (Å²) in [7, 11) is -4.26. The van der Waals surface area contributed by atoms with Crippen LogP contribution in [0, 0.1) is 0 Å². The van der Waals surface area contributed by atoms with Crippen LogP contribution in [0.2, 0.25) is 0 Å². The van der Waals surface area contributed by atoms with Crippen molar-refractivity contribution in [3.63, 3.8) is 0 Å². The number of aliphatic hydroxyl groups is 2. The molecule has 1 aliphatic heterocycles. The molecule has 3 rings (SSSR count). The highest BCUT2D eigenvalue weighted by molar-refractivity contribution is 7.52. The fourth-order valence-electron chi connectivity index (χ4n) is 3.57. The number of rotatable bonds is 10. The number of H-pyrrole nitrogens is 2. The molecule has 6 atom stereocenters. The zero-order valence-electron chi connectivity index (χ0n) is 20.2. The zero-order valence-corrected chi connectivity index (χ0v) is 21.1. The maximum Gasteiger partial charge on any atom is 0.459 e. The Morgan fingerprint density at radius 2 is 1.89 bits per heavy atom. The molecular formula is C22H30N3O10P. The minimum Gasteiger partial charge on any atom is -0.462 e. The smallest absolute Gasteiger partial charge is 0.459 e. The Labute approximate surface area is 206 Å². The molecule has 0 saturated carbocycles. The van der Waals surface area contributed by atoms with E-state index in [1.165, 1.54) is 26.0 Å². The molecule has 0 aliphatic carbocycles. The quantitative estimate of drug-likeness (QED) is 0.217. The van der Waals surface area contributed by atoms with Crippen LogP contribution in [0.3, 0.4) is 0 Å².